The van der Waals surface area contributed by atoms with Crippen molar-refractivity contribution in [2.75, 3.05) is 6.61 Å². The van der Waals surface area contributed by atoms with Gasteiger partial charge in [-0.2, -0.15) is 0 Å². The summed E-state index contributed by atoms with van der Waals surface area (Å²) in [5.41, 5.74) is 0. The summed E-state index contributed by atoms with van der Waals surface area (Å²) in [4.78, 5) is 10.4. The Bertz CT molecular complexity index is 140. The normalized spacial score (nSPS) is 10.8. The van der Waals surface area contributed by atoms with Gasteiger partial charge in [0.25, 0.3) is 0 Å². The molecule has 92 valence electrons. The molecule has 0 spiro atoms. The number of carboxylic acid groups (broad SMARTS) is 1. The average Bonchev–Trinajstić information content (AvgIpc) is 2.18. The smallest absolute Gasteiger partial charge is 0.855 e. The molecule has 0 aliphatic rings. The fourth-order valence-corrected chi connectivity index (χ4v) is 1.18. The summed E-state index contributed by atoms with van der Waals surface area (Å²) in [6, 6.07) is 0. The molecule has 0 radical (unpaired) electrons. The minimum Gasteiger partial charge on any atom is -0.855 e. The topological polar surface area (TPSA) is 60.4 Å². The fourth-order valence-electron chi connectivity index (χ4n) is 1.18. The monoisotopic (exact) mass is 240 g/mol. The molecule has 0 heterocycles. The van der Waals surface area contributed by atoms with Crippen LogP contribution in [0.3, 0.4) is 0 Å². The zero-order chi connectivity index (χ0) is 12.1. The van der Waals surface area contributed by atoms with Crippen LogP contribution in [0.15, 0.2) is 0 Å². The van der Waals surface area contributed by atoms with Gasteiger partial charge in [0, 0.05) is 0 Å². The van der Waals surface area contributed by atoms with Crippen LogP contribution in [-0.4, -0.2) is 17.7 Å². The van der Waals surface area contributed by atoms with E-state index in [1.54, 1.807) is 13.8 Å². The van der Waals surface area contributed by atoms with Crippen LogP contribution >= 0.6 is 0 Å². The van der Waals surface area contributed by atoms with E-state index in [-0.39, 0.29) is 42.1 Å². The molecule has 16 heavy (non-hydrogen) atoms. The van der Waals surface area contributed by atoms with Gasteiger partial charge in [0.2, 0.25) is 0 Å². The minimum absolute atomic E-state index is 0. The Morgan fingerprint density at radius 1 is 1.19 bits per heavy atom. The largest absolute Gasteiger partial charge is 1.00 e. The van der Waals surface area contributed by atoms with E-state index >= 15 is 0 Å². The third-order valence-corrected chi connectivity index (χ3v) is 2.16. The SMILES string of the molecule is CCCCCCCC(C)C(=O)O.CC[O-].[Na+]. The second-order valence-corrected chi connectivity index (χ2v) is 3.73. The van der Waals surface area contributed by atoms with Crippen molar-refractivity contribution in [1.82, 2.24) is 0 Å². The Balaban J connectivity index is -0.000000377. The van der Waals surface area contributed by atoms with Gasteiger partial charge in [0.15, 0.2) is 0 Å². The summed E-state index contributed by atoms with van der Waals surface area (Å²) in [6.45, 7) is 5.53. The van der Waals surface area contributed by atoms with Gasteiger partial charge in [0.05, 0.1) is 5.92 Å². The van der Waals surface area contributed by atoms with E-state index in [4.69, 9.17) is 10.2 Å². The Morgan fingerprint density at radius 2 is 1.62 bits per heavy atom. The molecule has 0 bridgehead atoms. The number of rotatable bonds is 7. The predicted molar refractivity (Wildman–Crippen MR) is 60.7 cm³/mol. The van der Waals surface area contributed by atoms with E-state index in [1.165, 1.54) is 25.7 Å². The summed E-state index contributed by atoms with van der Waals surface area (Å²) in [7, 11) is 0. The van der Waals surface area contributed by atoms with Crippen LogP contribution in [0.1, 0.15) is 59.3 Å². The molecular formula is C12H25NaO3. The first-order valence-electron chi connectivity index (χ1n) is 5.90. The summed E-state index contributed by atoms with van der Waals surface area (Å²) < 4.78 is 0. The van der Waals surface area contributed by atoms with Gasteiger partial charge in [-0.25, -0.2) is 0 Å². The molecule has 0 saturated carbocycles. The Hall–Kier alpha value is 0.430. The first kappa shape index (κ1) is 21.7. The number of hydrogen-bond acceptors (Lipinski definition) is 2. The van der Waals surface area contributed by atoms with Crippen molar-refractivity contribution in [2.45, 2.75) is 59.3 Å². The van der Waals surface area contributed by atoms with Crippen LogP contribution < -0.4 is 34.7 Å². The second-order valence-electron chi connectivity index (χ2n) is 3.73. The van der Waals surface area contributed by atoms with E-state index < -0.39 is 5.97 Å². The predicted octanol–water partition coefficient (Wildman–Crippen LogP) is -0.562. The van der Waals surface area contributed by atoms with Crippen molar-refractivity contribution in [1.29, 1.82) is 0 Å². The zero-order valence-electron chi connectivity index (χ0n) is 11.3. The van der Waals surface area contributed by atoms with Gasteiger partial charge in [0.1, 0.15) is 0 Å². The van der Waals surface area contributed by atoms with E-state index in [9.17, 15) is 4.79 Å². The fraction of sp³-hybridized carbons (Fsp3) is 0.917. The van der Waals surface area contributed by atoms with Crippen molar-refractivity contribution in [3.05, 3.63) is 0 Å². The number of unbranched alkanes of at least 4 members (excludes halogenated alkanes) is 4. The quantitative estimate of drug-likeness (QED) is 0.479. The summed E-state index contributed by atoms with van der Waals surface area (Å²) in [6.07, 6.45) is 6.86. The van der Waals surface area contributed by atoms with E-state index in [0.29, 0.717) is 0 Å². The molecule has 0 aromatic heterocycles. The van der Waals surface area contributed by atoms with Crippen LogP contribution in [-0.2, 0) is 4.79 Å². The first-order chi connectivity index (χ1) is 7.09. The molecule has 0 aliphatic heterocycles. The van der Waals surface area contributed by atoms with E-state index in [2.05, 4.69) is 6.92 Å². The van der Waals surface area contributed by atoms with Crippen molar-refractivity contribution >= 4 is 5.97 Å². The number of carboxylic acids is 1. The maximum atomic E-state index is 10.4. The average molecular weight is 240 g/mol. The Kier molecular flexibility index (Phi) is 24.1. The number of carbonyl (C=O) groups is 1. The van der Waals surface area contributed by atoms with Gasteiger partial charge in [-0.3, -0.25) is 4.79 Å². The van der Waals surface area contributed by atoms with Gasteiger partial charge in [-0.1, -0.05) is 52.9 Å². The summed E-state index contributed by atoms with van der Waals surface area (Å²) in [5, 5.41) is 17.5. The van der Waals surface area contributed by atoms with Gasteiger partial charge in [-0.05, 0) is 6.42 Å². The Labute approximate surface area is 122 Å². The van der Waals surface area contributed by atoms with Crippen molar-refractivity contribution in [2.24, 2.45) is 5.92 Å². The molecule has 1 N–H and O–H groups in total. The molecule has 0 aromatic carbocycles. The molecule has 0 fully saturated rings. The summed E-state index contributed by atoms with van der Waals surface area (Å²) in [5.74, 6) is -0.822. The molecular weight excluding hydrogens is 215 g/mol. The van der Waals surface area contributed by atoms with Gasteiger partial charge >= 0.3 is 35.5 Å². The molecule has 0 amide bonds. The van der Waals surface area contributed by atoms with Gasteiger partial charge < -0.3 is 10.2 Å². The van der Waals surface area contributed by atoms with Gasteiger partial charge in [-0.15, -0.1) is 6.61 Å². The Morgan fingerprint density at radius 3 is 2.00 bits per heavy atom. The third kappa shape index (κ3) is 19.9. The van der Waals surface area contributed by atoms with Crippen LogP contribution in [0, 0.1) is 5.92 Å². The molecule has 4 heteroatoms. The number of hydrogen-bond donors (Lipinski definition) is 1. The number of aliphatic carboxylic acids is 1. The van der Waals surface area contributed by atoms with Crippen LogP contribution in [0.4, 0.5) is 0 Å². The van der Waals surface area contributed by atoms with Crippen molar-refractivity contribution < 1.29 is 44.6 Å². The molecule has 1 atom stereocenters. The molecule has 0 saturated heterocycles. The molecule has 0 aromatic rings. The van der Waals surface area contributed by atoms with Crippen LogP contribution in [0.25, 0.3) is 0 Å². The maximum Gasteiger partial charge on any atom is 1.00 e. The first-order valence-corrected chi connectivity index (χ1v) is 5.90. The molecule has 3 nitrogen and oxygen atoms in total. The molecule has 1 unspecified atom stereocenters. The molecule has 0 aliphatic carbocycles. The zero-order valence-corrected chi connectivity index (χ0v) is 13.3. The standard InChI is InChI=1S/C10H20O2.C2H5O.Na/c1-3-4-5-6-7-8-9(2)10(11)12;1-2-3;/h9H,3-8H2,1-2H3,(H,11,12);2H2,1H3;/q;-1;+1. The second kappa shape index (κ2) is 17.8. The van der Waals surface area contributed by atoms with Crippen LogP contribution in [0.2, 0.25) is 0 Å². The third-order valence-electron chi connectivity index (χ3n) is 2.16. The molecule has 0 rings (SSSR count). The van der Waals surface area contributed by atoms with Crippen molar-refractivity contribution in [3.8, 4) is 0 Å². The van der Waals surface area contributed by atoms with Crippen LogP contribution in [0.5, 0.6) is 0 Å². The van der Waals surface area contributed by atoms with Crippen molar-refractivity contribution in [3.63, 3.8) is 0 Å². The van der Waals surface area contributed by atoms with E-state index in [1.807, 2.05) is 0 Å². The van der Waals surface area contributed by atoms with E-state index in [0.717, 1.165) is 12.8 Å². The minimum atomic E-state index is -0.662. The summed E-state index contributed by atoms with van der Waals surface area (Å²) >= 11 is 0. The maximum absolute atomic E-state index is 10.4.